The van der Waals surface area contributed by atoms with Crippen molar-refractivity contribution in [2.45, 2.75) is 45.1 Å². The van der Waals surface area contributed by atoms with E-state index in [1.165, 1.54) is 6.92 Å². The number of rotatable bonds is 4. The first kappa shape index (κ1) is 17.3. The summed E-state index contributed by atoms with van der Waals surface area (Å²) in [5.41, 5.74) is 5.28. The van der Waals surface area contributed by atoms with Gasteiger partial charge in [-0.15, -0.1) is 0 Å². The lowest BCUT2D eigenvalue weighted by atomic mass is 10.2. The zero-order valence-corrected chi connectivity index (χ0v) is 11.1. The predicted molar refractivity (Wildman–Crippen MR) is 61.7 cm³/mol. The summed E-state index contributed by atoms with van der Waals surface area (Å²) in [6, 6.07) is 0. The Hall–Kier alpha value is -1.74. The predicted octanol–water partition coefficient (Wildman–Crippen LogP) is 3.19. The minimum atomic E-state index is -5.62. The van der Waals surface area contributed by atoms with Crippen LogP contribution in [-0.4, -0.2) is 28.4 Å². The molecule has 0 aromatic carbocycles. The van der Waals surface area contributed by atoms with Crippen molar-refractivity contribution in [1.29, 1.82) is 0 Å². The molecule has 0 atom stereocenters. The van der Waals surface area contributed by atoms with Crippen LogP contribution in [0.3, 0.4) is 0 Å². The molecule has 1 rings (SSSR count). The zero-order chi connectivity index (χ0) is 16.4. The molecular formula is C11H13F6N3O. The van der Waals surface area contributed by atoms with Gasteiger partial charge in [-0.3, -0.25) is 0 Å². The van der Waals surface area contributed by atoms with E-state index in [1.54, 1.807) is 6.92 Å². The van der Waals surface area contributed by atoms with Crippen LogP contribution in [0.2, 0.25) is 0 Å². The van der Waals surface area contributed by atoms with Crippen LogP contribution in [0.5, 0.6) is 5.88 Å². The van der Waals surface area contributed by atoms with Crippen LogP contribution >= 0.6 is 0 Å². The normalized spacial score (nSPS) is 12.8. The van der Waals surface area contributed by atoms with Gasteiger partial charge in [0.2, 0.25) is 5.88 Å². The van der Waals surface area contributed by atoms with Gasteiger partial charge in [0, 0.05) is 6.42 Å². The summed E-state index contributed by atoms with van der Waals surface area (Å²) >= 11 is 0. The Morgan fingerprint density at radius 1 is 1.10 bits per heavy atom. The molecule has 10 heteroatoms. The van der Waals surface area contributed by atoms with Gasteiger partial charge in [-0.25, -0.2) is 4.98 Å². The van der Waals surface area contributed by atoms with Gasteiger partial charge in [-0.2, -0.15) is 31.3 Å². The summed E-state index contributed by atoms with van der Waals surface area (Å²) < 4.78 is 78.8. The molecule has 0 saturated carbocycles. The van der Waals surface area contributed by atoms with Gasteiger partial charge in [0.1, 0.15) is 11.6 Å². The minimum Gasteiger partial charge on any atom is -0.454 e. The van der Waals surface area contributed by atoms with Crippen LogP contribution in [0.25, 0.3) is 0 Å². The number of alkyl halides is 6. The van der Waals surface area contributed by atoms with E-state index in [1.807, 2.05) is 0 Å². The van der Waals surface area contributed by atoms with Crippen molar-refractivity contribution in [2.75, 3.05) is 5.73 Å². The smallest absolute Gasteiger partial charge is 0.434 e. The Morgan fingerprint density at radius 3 is 2.05 bits per heavy atom. The van der Waals surface area contributed by atoms with Crippen LogP contribution in [-0.2, 0) is 6.42 Å². The SMILES string of the molecule is CCCc1nc(N)c(C)c(OC(C(F)(F)F)C(F)(F)F)n1. The number of halogens is 6. The Bertz CT molecular complexity index is 486. The van der Waals surface area contributed by atoms with Crippen molar-refractivity contribution < 1.29 is 31.1 Å². The number of ether oxygens (including phenoxy) is 1. The molecule has 1 heterocycles. The molecule has 1 aromatic rings. The average molecular weight is 317 g/mol. The van der Waals surface area contributed by atoms with Crippen LogP contribution in [0, 0.1) is 6.92 Å². The monoisotopic (exact) mass is 317 g/mol. The average Bonchev–Trinajstić information content (AvgIpc) is 2.28. The maximum absolute atomic E-state index is 12.5. The number of aryl methyl sites for hydroxylation is 1. The van der Waals surface area contributed by atoms with Crippen molar-refractivity contribution in [1.82, 2.24) is 9.97 Å². The molecule has 0 radical (unpaired) electrons. The molecule has 1 aromatic heterocycles. The summed E-state index contributed by atoms with van der Waals surface area (Å²) in [7, 11) is 0. The Morgan fingerprint density at radius 2 is 1.62 bits per heavy atom. The maximum atomic E-state index is 12.5. The molecule has 120 valence electrons. The van der Waals surface area contributed by atoms with Gasteiger partial charge in [0.25, 0.3) is 6.10 Å². The van der Waals surface area contributed by atoms with E-state index in [0.29, 0.717) is 6.42 Å². The van der Waals surface area contributed by atoms with Crippen molar-refractivity contribution in [3.63, 3.8) is 0 Å². The zero-order valence-electron chi connectivity index (χ0n) is 11.1. The molecule has 0 fully saturated rings. The Labute approximate surface area is 116 Å². The van der Waals surface area contributed by atoms with Gasteiger partial charge in [0.05, 0.1) is 5.56 Å². The molecular weight excluding hydrogens is 304 g/mol. The third kappa shape index (κ3) is 4.36. The van der Waals surface area contributed by atoms with Crippen LogP contribution in [0.15, 0.2) is 0 Å². The van der Waals surface area contributed by atoms with Crippen molar-refractivity contribution in [3.05, 3.63) is 11.4 Å². The number of hydrogen-bond donors (Lipinski definition) is 1. The molecule has 0 amide bonds. The fourth-order valence-corrected chi connectivity index (χ4v) is 1.44. The number of nitrogen functional groups attached to an aromatic ring is 1. The highest BCUT2D eigenvalue weighted by Gasteiger charge is 2.59. The van der Waals surface area contributed by atoms with Gasteiger partial charge in [-0.1, -0.05) is 6.92 Å². The third-order valence-corrected chi connectivity index (χ3v) is 2.48. The van der Waals surface area contributed by atoms with Gasteiger partial charge < -0.3 is 10.5 Å². The highest BCUT2D eigenvalue weighted by molar-refractivity contribution is 5.44. The Balaban J connectivity index is 3.20. The van der Waals surface area contributed by atoms with E-state index in [2.05, 4.69) is 14.7 Å². The standard InChI is InChI=1S/C11H13F6N3O/c1-3-4-6-19-7(18)5(2)8(20-6)21-9(10(12,13)14)11(15,16)17/h9H,3-4H2,1-2H3,(H2,18,19,20). The number of nitrogens with zero attached hydrogens (tertiary/aromatic N) is 2. The maximum Gasteiger partial charge on any atom is 0.434 e. The second-order valence-corrected chi connectivity index (χ2v) is 4.29. The lowest BCUT2D eigenvalue weighted by Gasteiger charge is -2.24. The lowest BCUT2D eigenvalue weighted by Crippen LogP contribution is -2.46. The first-order valence-corrected chi connectivity index (χ1v) is 5.89. The molecule has 0 aliphatic carbocycles. The molecule has 21 heavy (non-hydrogen) atoms. The molecule has 2 N–H and O–H groups in total. The highest BCUT2D eigenvalue weighted by Crippen LogP contribution is 2.37. The number of anilines is 1. The topological polar surface area (TPSA) is 61.0 Å². The lowest BCUT2D eigenvalue weighted by molar-refractivity contribution is -0.300. The number of aromatic nitrogens is 2. The van der Waals surface area contributed by atoms with Crippen LogP contribution in [0.4, 0.5) is 32.2 Å². The van der Waals surface area contributed by atoms with Gasteiger partial charge in [-0.05, 0) is 13.3 Å². The largest absolute Gasteiger partial charge is 0.454 e. The molecule has 0 aliphatic heterocycles. The third-order valence-electron chi connectivity index (χ3n) is 2.48. The quantitative estimate of drug-likeness (QED) is 0.866. The second-order valence-electron chi connectivity index (χ2n) is 4.29. The fraction of sp³-hybridized carbons (Fsp3) is 0.636. The second kappa shape index (κ2) is 5.94. The van der Waals surface area contributed by atoms with Gasteiger partial charge >= 0.3 is 12.4 Å². The van der Waals surface area contributed by atoms with E-state index >= 15 is 0 Å². The molecule has 0 saturated heterocycles. The summed E-state index contributed by atoms with van der Waals surface area (Å²) in [6.45, 7) is 2.93. The minimum absolute atomic E-state index is 0.0266. The summed E-state index contributed by atoms with van der Waals surface area (Å²) in [4.78, 5) is 7.36. The Kier molecular flexibility index (Phi) is 4.90. The molecule has 4 nitrogen and oxygen atoms in total. The fourth-order valence-electron chi connectivity index (χ4n) is 1.44. The van der Waals surface area contributed by atoms with Crippen molar-refractivity contribution in [2.24, 2.45) is 0 Å². The van der Waals surface area contributed by atoms with Crippen molar-refractivity contribution >= 4 is 5.82 Å². The first-order valence-electron chi connectivity index (χ1n) is 5.89. The molecule has 0 spiro atoms. The van der Waals surface area contributed by atoms with E-state index < -0.39 is 24.3 Å². The van der Waals surface area contributed by atoms with E-state index in [4.69, 9.17) is 5.73 Å². The molecule has 0 unspecified atom stereocenters. The van der Waals surface area contributed by atoms with Crippen LogP contribution < -0.4 is 10.5 Å². The van der Waals surface area contributed by atoms with Gasteiger partial charge in [0.15, 0.2) is 0 Å². The summed E-state index contributed by atoms with van der Waals surface area (Å²) in [5, 5.41) is 0. The first-order chi connectivity index (χ1) is 9.46. The summed E-state index contributed by atoms with van der Waals surface area (Å²) in [5.74, 6) is -1.00. The highest BCUT2D eigenvalue weighted by atomic mass is 19.4. The van der Waals surface area contributed by atoms with Crippen LogP contribution in [0.1, 0.15) is 24.7 Å². The number of nitrogens with two attached hydrogens (primary N) is 1. The van der Waals surface area contributed by atoms with Crippen molar-refractivity contribution in [3.8, 4) is 5.88 Å². The van der Waals surface area contributed by atoms with E-state index in [0.717, 1.165) is 0 Å². The molecule has 0 aliphatic rings. The number of hydrogen-bond acceptors (Lipinski definition) is 4. The molecule has 0 bridgehead atoms. The summed E-state index contributed by atoms with van der Waals surface area (Å²) in [6.07, 6.45) is -14.4. The van der Waals surface area contributed by atoms with E-state index in [9.17, 15) is 26.3 Å². The van der Waals surface area contributed by atoms with E-state index in [-0.39, 0.29) is 23.6 Å².